The highest BCUT2D eigenvalue weighted by atomic mass is 32.2. The molecule has 0 saturated heterocycles. The van der Waals surface area contributed by atoms with Gasteiger partial charge >= 0.3 is 12.2 Å². The lowest BCUT2D eigenvalue weighted by molar-refractivity contribution is -0.131. The van der Waals surface area contributed by atoms with E-state index in [0.29, 0.717) is 0 Å². The second-order valence-electron chi connectivity index (χ2n) is 27.2. The van der Waals surface area contributed by atoms with Crippen LogP contribution in [-0.4, -0.2) is 89.7 Å². The fourth-order valence-corrected chi connectivity index (χ4v) is 19.0. The Bertz CT molecular complexity index is 4280. The van der Waals surface area contributed by atoms with Crippen molar-refractivity contribution in [3.63, 3.8) is 0 Å². The van der Waals surface area contributed by atoms with E-state index < -0.39 is 61.7 Å². The van der Waals surface area contributed by atoms with Gasteiger partial charge in [0.1, 0.15) is 12.2 Å². The zero-order chi connectivity index (χ0) is 72.4. The molecule has 0 aliphatic heterocycles. The average Bonchev–Trinajstić information content (AvgIpc) is 0.966. The summed E-state index contributed by atoms with van der Waals surface area (Å²) in [7, 11) is 1.65. The summed E-state index contributed by atoms with van der Waals surface area (Å²) in [5.74, 6) is -2.34. The Morgan fingerprint density at radius 3 is 1.02 bits per heavy atom. The largest absolute Gasteiger partial charge is 0.449 e. The normalized spacial score (nSPS) is 13.1. The van der Waals surface area contributed by atoms with Gasteiger partial charge in [0.15, 0.2) is 11.6 Å². The molecular weight excluding hydrogens is 1340 g/mol. The number of alkyl carbamates (subject to hydrolysis) is 1. The Hall–Kier alpha value is -10.2. The standard InChI is InChI=1S/C91H87N3O7S3/c1-88(2,3)101-87(99)94(4)60-36-59-83(95)81(64-103-90(70-43-20-8-21-44-70,71-45-22-9-23-46-71)72-47-24-10-25-48-72)92-85(97)66(63-102-89(67-37-14-5-15-38-67,68-39-16-6-17-40-68)69-41-18-7-19-42-69)61-84(96)82(93-86(98)100-62-80-78-57-34-32-55-76(78)77-56-33-35-58-79(77)80)65-104-91(73-49-26-11-27-50-73,74-51-28-12-29-52-74)75-53-30-13-31-54-75/h5-35,37-58,66,80-82H,36,59-65H2,1-4H3,(H,92,97)(H,93,98)/t66-,81-,82-/m0/s1. The molecule has 0 aromatic heterocycles. The van der Waals surface area contributed by atoms with Crippen LogP contribution in [-0.2, 0) is 38.1 Å². The van der Waals surface area contributed by atoms with Gasteiger partial charge in [0, 0.05) is 49.6 Å². The molecule has 11 aromatic carbocycles. The van der Waals surface area contributed by atoms with E-state index in [4.69, 9.17) is 9.47 Å². The van der Waals surface area contributed by atoms with E-state index in [1.165, 1.54) is 16.7 Å². The Kier molecular flexibility index (Phi) is 24.3. The predicted octanol–water partition coefficient (Wildman–Crippen LogP) is 19.3. The number of thioether (sulfide) groups is 3. The van der Waals surface area contributed by atoms with Gasteiger partial charge in [0.25, 0.3) is 0 Å². The third-order valence-electron chi connectivity index (χ3n) is 19.2. The molecule has 11 aromatic rings. The van der Waals surface area contributed by atoms with Crippen LogP contribution in [0.25, 0.3) is 11.1 Å². The maximum atomic E-state index is 16.6. The number of benzene rings is 11. The van der Waals surface area contributed by atoms with E-state index in [2.05, 4.69) is 144 Å². The minimum absolute atomic E-state index is 0.000480. The van der Waals surface area contributed by atoms with Crippen molar-refractivity contribution in [2.24, 2.45) is 5.92 Å². The molecule has 1 aliphatic rings. The highest BCUT2D eigenvalue weighted by Gasteiger charge is 2.44. The van der Waals surface area contributed by atoms with Crippen LogP contribution in [0.15, 0.2) is 322 Å². The number of hydrogen-bond donors (Lipinski definition) is 2. The van der Waals surface area contributed by atoms with Gasteiger partial charge in [-0.05, 0) is 99.5 Å². The SMILES string of the molecule is CN(CCCC(=O)[C@H](CSC(c1ccccc1)(c1ccccc1)c1ccccc1)NC(=O)[C@H](CSC(c1ccccc1)(c1ccccc1)c1ccccc1)CC(=O)[C@H](CSC(c1ccccc1)(c1ccccc1)c1ccccc1)NC(=O)OCC1c2ccccc2-c2ccccc21)C(=O)OC(C)(C)C. The van der Waals surface area contributed by atoms with E-state index >= 15 is 19.2 Å². The van der Waals surface area contributed by atoms with Gasteiger partial charge in [-0.15, -0.1) is 35.3 Å². The van der Waals surface area contributed by atoms with E-state index in [0.717, 1.165) is 72.3 Å². The number of nitrogens with one attached hydrogen (secondary N) is 2. The number of fused-ring (bicyclic) bond motifs is 3. The zero-order valence-corrected chi connectivity index (χ0v) is 61.5. The van der Waals surface area contributed by atoms with Crippen LogP contribution in [0.4, 0.5) is 9.59 Å². The first-order valence-electron chi connectivity index (χ1n) is 35.5. The summed E-state index contributed by atoms with van der Waals surface area (Å²) in [5.41, 5.74) is 12.2. The van der Waals surface area contributed by atoms with E-state index in [1.807, 2.05) is 209 Å². The Morgan fingerprint density at radius 2 is 0.692 bits per heavy atom. The van der Waals surface area contributed by atoms with Gasteiger partial charge in [-0.25, -0.2) is 9.59 Å². The van der Waals surface area contributed by atoms with Crippen LogP contribution in [0.2, 0.25) is 0 Å². The lowest BCUT2D eigenvalue weighted by Gasteiger charge is -2.37. The maximum absolute atomic E-state index is 16.6. The third-order valence-corrected chi connectivity index (χ3v) is 24.2. The maximum Gasteiger partial charge on any atom is 0.410 e. The quantitative estimate of drug-likeness (QED) is 0.0405. The van der Waals surface area contributed by atoms with Crippen LogP contribution in [0.1, 0.15) is 107 Å². The van der Waals surface area contributed by atoms with Crippen molar-refractivity contribution in [3.8, 4) is 11.1 Å². The molecule has 0 saturated carbocycles. The van der Waals surface area contributed by atoms with Gasteiger partial charge in [0.05, 0.1) is 32.2 Å². The highest BCUT2D eigenvalue weighted by Crippen LogP contribution is 2.53. The molecule has 2 N–H and O–H groups in total. The molecular formula is C91H87N3O7S3. The molecule has 12 rings (SSSR count). The number of carbonyl (C=O) groups is 5. The first kappa shape index (κ1) is 73.6. The first-order chi connectivity index (χ1) is 50.7. The number of ether oxygens (including phenoxy) is 2. The summed E-state index contributed by atoms with van der Waals surface area (Å²) in [5, 5.41) is 6.51. The van der Waals surface area contributed by atoms with Gasteiger partial charge in [-0.1, -0.05) is 322 Å². The number of rotatable bonds is 31. The number of Topliss-reactive ketones (excluding diaryl/α,β-unsaturated/α-hetero) is 2. The Balaban J connectivity index is 0.958. The molecule has 526 valence electrons. The van der Waals surface area contributed by atoms with E-state index in [9.17, 15) is 4.79 Å². The molecule has 0 heterocycles. The van der Waals surface area contributed by atoms with Crippen molar-refractivity contribution in [2.45, 2.75) is 77.9 Å². The van der Waals surface area contributed by atoms with E-state index in [-0.39, 0.29) is 61.4 Å². The molecule has 0 bridgehead atoms. The fourth-order valence-electron chi connectivity index (χ4n) is 14.2. The monoisotopic (exact) mass is 1430 g/mol. The highest BCUT2D eigenvalue weighted by molar-refractivity contribution is 8.01. The molecule has 1 aliphatic carbocycles. The topological polar surface area (TPSA) is 131 Å². The van der Waals surface area contributed by atoms with Gasteiger partial charge in [-0.3, -0.25) is 14.4 Å². The number of amides is 3. The molecule has 0 fully saturated rings. The average molecular weight is 1430 g/mol. The summed E-state index contributed by atoms with van der Waals surface area (Å²) in [4.78, 5) is 78.7. The molecule has 13 heteroatoms. The molecule has 3 atom stereocenters. The lowest BCUT2D eigenvalue weighted by atomic mass is 9.84. The van der Waals surface area contributed by atoms with Crippen molar-refractivity contribution >= 4 is 64.9 Å². The van der Waals surface area contributed by atoms with Gasteiger partial charge < -0.3 is 25.0 Å². The molecule has 3 amide bonds. The van der Waals surface area contributed by atoms with E-state index in [1.54, 1.807) is 30.6 Å². The van der Waals surface area contributed by atoms with Crippen molar-refractivity contribution in [1.29, 1.82) is 0 Å². The molecule has 10 nitrogen and oxygen atoms in total. The summed E-state index contributed by atoms with van der Waals surface area (Å²) in [6, 6.07) is 106. The van der Waals surface area contributed by atoms with Crippen molar-refractivity contribution in [2.75, 3.05) is 37.5 Å². The molecule has 0 spiro atoms. The minimum Gasteiger partial charge on any atom is -0.449 e. The molecule has 0 unspecified atom stereocenters. The second kappa shape index (κ2) is 34.4. The molecule has 0 radical (unpaired) electrons. The van der Waals surface area contributed by atoms with Crippen LogP contribution in [0.3, 0.4) is 0 Å². The van der Waals surface area contributed by atoms with Crippen molar-refractivity contribution in [3.05, 3.63) is 383 Å². The molecule has 104 heavy (non-hydrogen) atoms. The van der Waals surface area contributed by atoms with Gasteiger partial charge in [-0.2, -0.15) is 0 Å². The van der Waals surface area contributed by atoms with Crippen molar-refractivity contribution in [1.82, 2.24) is 15.5 Å². The predicted molar refractivity (Wildman–Crippen MR) is 425 cm³/mol. The minimum atomic E-state index is -1.23. The zero-order valence-electron chi connectivity index (χ0n) is 59.1. The first-order valence-corrected chi connectivity index (χ1v) is 38.5. The van der Waals surface area contributed by atoms with Crippen molar-refractivity contribution < 1.29 is 33.4 Å². The number of nitrogens with zero attached hydrogens (tertiary/aromatic N) is 1. The van der Waals surface area contributed by atoms with Gasteiger partial charge in [0.2, 0.25) is 5.91 Å². The third kappa shape index (κ3) is 16.9. The summed E-state index contributed by atoms with van der Waals surface area (Å²) < 4.78 is 9.32. The summed E-state index contributed by atoms with van der Waals surface area (Å²) in [6.07, 6.45) is -1.37. The van der Waals surface area contributed by atoms with Crippen LogP contribution in [0, 0.1) is 5.92 Å². The number of ketones is 2. The number of hydrogen-bond acceptors (Lipinski definition) is 10. The fraction of sp³-hybridized carbons (Fsp3) is 0.220. The van der Waals surface area contributed by atoms with Crippen LogP contribution in [0.5, 0.6) is 0 Å². The summed E-state index contributed by atoms with van der Waals surface area (Å²) >= 11 is 4.64. The Labute approximate surface area is 624 Å². The van der Waals surface area contributed by atoms with Crippen LogP contribution < -0.4 is 10.6 Å². The number of carbonyl (C=O) groups excluding carboxylic acids is 5. The second-order valence-corrected chi connectivity index (χ2v) is 30.9. The van der Waals surface area contributed by atoms with Crippen LogP contribution >= 0.6 is 35.3 Å². The lowest BCUT2D eigenvalue weighted by Crippen LogP contribution is -2.49. The smallest absolute Gasteiger partial charge is 0.410 e. The Morgan fingerprint density at radius 1 is 0.394 bits per heavy atom. The summed E-state index contributed by atoms with van der Waals surface area (Å²) in [6.45, 7) is 5.65.